The fourth-order valence-corrected chi connectivity index (χ4v) is 3.20. The molecule has 1 heterocycles. The molecule has 0 saturated carbocycles. The lowest BCUT2D eigenvalue weighted by Crippen LogP contribution is -2.34. The molecule has 0 N–H and O–H groups in total. The monoisotopic (exact) mass is 265 g/mol. The molecule has 1 nitrogen and oxygen atoms in total. The van der Waals surface area contributed by atoms with E-state index in [0.717, 1.165) is 17.1 Å². The van der Waals surface area contributed by atoms with E-state index in [4.69, 9.17) is 23.2 Å². The van der Waals surface area contributed by atoms with Gasteiger partial charge in [0.1, 0.15) is 0 Å². The maximum atomic E-state index is 6.07. The number of halogens is 2. The fraction of sp³-hybridized carbons (Fsp3) is 0.727. The molecule has 1 aromatic heterocycles. The molecular formula is C11H17Cl2NS. The first-order valence-electron chi connectivity index (χ1n) is 5.07. The molecule has 0 aliphatic rings. The number of hydrogen-bond acceptors (Lipinski definition) is 2. The summed E-state index contributed by atoms with van der Waals surface area (Å²) in [5, 5.41) is 3.21. The highest BCUT2D eigenvalue weighted by molar-refractivity contribution is 7.09. The van der Waals surface area contributed by atoms with Gasteiger partial charge in [-0.25, -0.2) is 4.98 Å². The number of thiazole rings is 1. The third kappa shape index (κ3) is 3.08. The normalized spacial score (nSPS) is 12.4. The van der Waals surface area contributed by atoms with Gasteiger partial charge in [0.05, 0.1) is 10.7 Å². The topological polar surface area (TPSA) is 12.9 Å². The summed E-state index contributed by atoms with van der Waals surface area (Å²) in [5.41, 5.74) is 1.09. The Morgan fingerprint density at radius 1 is 1.40 bits per heavy atom. The Kier molecular flexibility index (Phi) is 4.88. The van der Waals surface area contributed by atoms with Crippen LogP contribution in [-0.4, -0.2) is 16.7 Å². The third-order valence-corrected chi connectivity index (χ3v) is 4.84. The minimum Gasteiger partial charge on any atom is -0.247 e. The molecular weight excluding hydrogens is 249 g/mol. The Morgan fingerprint density at radius 2 is 2.00 bits per heavy atom. The van der Waals surface area contributed by atoms with Crippen molar-refractivity contribution >= 4 is 34.5 Å². The summed E-state index contributed by atoms with van der Waals surface area (Å²) in [6.45, 7) is 6.36. The van der Waals surface area contributed by atoms with Crippen LogP contribution in [0.25, 0.3) is 0 Å². The second-order valence-electron chi connectivity index (χ2n) is 4.32. The molecule has 0 atom stereocenters. The van der Waals surface area contributed by atoms with Gasteiger partial charge in [-0.05, 0) is 19.3 Å². The lowest BCUT2D eigenvalue weighted by Gasteiger charge is -2.33. The van der Waals surface area contributed by atoms with Gasteiger partial charge >= 0.3 is 0 Å². The molecule has 1 aromatic rings. The van der Waals surface area contributed by atoms with E-state index in [1.54, 1.807) is 11.3 Å². The minimum absolute atomic E-state index is 0.0242. The highest BCUT2D eigenvalue weighted by Gasteiger charge is 2.33. The lowest BCUT2D eigenvalue weighted by molar-refractivity contribution is 0.256. The first-order valence-corrected chi connectivity index (χ1v) is 7.02. The molecule has 0 saturated heterocycles. The summed E-state index contributed by atoms with van der Waals surface area (Å²) in [7, 11) is 0. The van der Waals surface area contributed by atoms with Gasteiger partial charge < -0.3 is 0 Å². The highest BCUT2D eigenvalue weighted by atomic mass is 35.5. The smallest absolute Gasteiger partial charge is 0.0897 e. The Bertz CT molecular complexity index is 305. The van der Waals surface area contributed by atoms with Gasteiger partial charge in [-0.2, -0.15) is 0 Å². The van der Waals surface area contributed by atoms with E-state index in [1.807, 2.05) is 6.92 Å². The first-order chi connectivity index (χ1) is 7.04. The van der Waals surface area contributed by atoms with E-state index in [1.165, 1.54) is 0 Å². The van der Waals surface area contributed by atoms with Crippen molar-refractivity contribution < 1.29 is 0 Å². The average Bonchev–Trinajstić information content (AvgIpc) is 2.60. The van der Waals surface area contributed by atoms with Crippen LogP contribution < -0.4 is 0 Å². The van der Waals surface area contributed by atoms with Crippen molar-refractivity contribution in [1.82, 2.24) is 4.98 Å². The van der Waals surface area contributed by atoms with E-state index in [2.05, 4.69) is 24.2 Å². The summed E-state index contributed by atoms with van der Waals surface area (Å²) in [5.74, 6) is 1.64. The lowest BCUT2D eigenvalue weighted by atomic mass is 9.77. The highest BCUT2D eigenvalue weighted by Crippen LogP contribution is 2.34. The van der Waals surface area contributed by atoms with E-state index < -0.39 is 0 Å². The van der Waals surface area contributed by atoms with Crippen molar-refractivity contribution in [2.75, 3.05) is 11.8 Å². The zero-order valence-electron chi connectivity index (χ0n) is 9.39. The minimum atomic E-state index is -0.0242. The molecule has 15 heavy (non-hydrogen) atoms. The van der Waals surface area contributed by atoms with Crippen molar-refractivity contribution in [2.45, 2.75) is 27.2 Å². The summed E-state index contributed by atoms with van der Waals surface area (Å²) in [6, 6.07) is 0. The maximum Gasteiger partial charge on any atom is 0.0897 e. The van der Waals surface area contributed by atoms with Gasteiger partial charge in [-0.1, -0.05) is 13.8 Å². The van der Waals surface area contributed by atoms with E-state index in [9.17, 15) is 0 Å². The zero-order valence-corrected chi connectivity index (χ0v) is 11.7. The van der Waals surface area contributed by atoms with Gasteiger partial charge in [-0.3, -0.25) is 0 Å². The van der Waals surface area contributed by atoms with Gasteiger partial charge in [0, 0.05) is 22.6 Å². The molecule has 0 bridgehead atoms. The molecule has 0 fully saturated rings. The Morgan fingerprint density at radius 3 is 2.33 bits per heavy atom. The predicted molar refractivity (Wildman–Crippen MR) is 69.3 cm³/mol. The molecule has 1 rings (SSSR count). The van der Waals surface area contributed by atoms with Gasteiger partial charge in [0.2, 0.25) is 0 Å². The molecule has 86 valence electrons. The summed E-state index contributed by atoms with van der Waals surface area (Å²) >= 11 is 13.8. The quantitative estimate of drug-likeness (QED) is 0.731. The SMILES string of the molecule is Cc1nc(CC(CCl)(CCl)C(C)C)cs1. The molecule has 0 radical (unpaired) electrons. The van der Waals surface area contributed by atoms with Crippen LogP contribution in [0.15, 0.2) is 5.38 Å². The number of hydrogen-bond donors (Lipinski definition) is 0. The number of alkyl halides is 2. The standard InChI is InChI=1S/C11H17Cl2NS/c1-8(2)11(6-12,7-13)4-10-5-15-9(3)14-10/h5,8H,4,6-7H2,1-3H3. The molecule has 0 amide bonds. The van der Waals surface area contributed by atoms with Crippen LogP contribution in [0.1, 0.15) is 24.5 Å². The Labute approximate surface area is 106 Å². The molecule has 4 heteroatoms. The average molecular weight is 266 g/mol. The Hall–Kier alpha value is 0.210. The van der Waals surface area contributed by atoms with Gasteiger partial charge in [0.15, 0.2) is 0 Å². The summed E-state index contributed by atoms with van der Waals surface area (Å²) in [4.78, 5) is 4.48. The molecule has 0 spiro atoms. The summed E-state index contributed by atoms with van der Waals surface area (Å²) in [6.07, 6.45) is 0.877. The fourth-order valence-electron chi connectivity index (χ4n) is 1.49. The molecule has 0 aliphatic heterocycles. The largest absolute Gasteiger partial charge is 0.247 e. The third-order valence-electron chi connectivity index (χ3n) is 2.96. The van der Waals surface area contributed by atoms with Crippen molar-refractivity contribution in [1.29, 1.82) is 0 Å². The van der Waals surface area contributed by atoms with Crippen LogP contribution in [-0.2, 0) is 6.42 Å². The predicted octanol–water partition coefficient (Wildman–Crippen LogP) is 4.11. The van der Waals surface area contributed by atoms with E-state index in [0.29, 0.717) is 17.7 Å². The molecule has 0 unspecified atom stereocenters. The zero-order chi connectivity index (χ0) is 11.5. The van der Waals surface area contributed by atoms with Crippen LogP contribution in [0.5, 0.6) is 0 Å². The van der Waals surface area contributed by atoms with Crippen molar-refractivity contribution in [3.8, 4) is 0 Å². The van der Waals surface area contributed by atoms with Crippen LogP contribution in [0.4, 0.5) is 0 Å². The summed E-state index contributed by atoms with van der Waals surface area (Å²) < 4.78 is 0. The second-order valence-corrected chi connectivity index (χ2v) is 5.92. The van der Waals surface area contributed by atoms with Crippen molar-refractivity contribution in [2.24, 2.45) is 11.3 Å². The van der Waals surface area contributed by atoms with Gasteiger partial charge in [-0.15, -0.1) is 34.5 Å². The maximum absolute atomic E-state index is 6.07. The molecule has 0 aliphatic carbocycles. The van der Waals surface area contributed by atoms with Crippen molar-refractivity contribution in [3.63, 3.8) is 0 Å². The number of aryl methyl sites for hydroxylation is 1. The number of rotatable bonds is 5. The van der Waals surface area contributed by atoms with Crippen molar-refractivity contribution in [3.05, 3.63) is 16.1 Å². The van der Waals surface area contributed by atoms with Gasteiger partial charge in [0.25, 0.3) is 0 Å². The number of nitrogens with zero attached hydrogens (tertiary/aromatic N) is 1. The van der Waals surface area contributed by atoms with Crippen LogP contribution in [0.2, 0.25) is 0 Å². The number of aromatic nitrogens is 1. The van der Waals surface area contributed by atoms with E-state index >= 15 is 0 Å². The second kappa shape index (κ2) is 5.51. The van der Waals surface area contributed by atoms with Crippen LogP contribution in [0, 0.1) is 18.3 Å². The van der Waals surface area contributed by atoms with Crippen LogP contribution in [0.3, 0.4) is 0 Å². The Balaban J connectivity index is 2.83. The van der Waals surface area contributed by atoms with Crippen LogP contribution >= 0.6 is 34.5 Å². The van der Waals surface area contributed by atoms with E-state index in [-0.39, 0.29) is 5.41 Å². The molecule has 0 aromatic carbocycles. The first kappa shape index (κ1) is 13.3.